The van der Waals surface area contributed by atoms with Crippen LogP contribution in [0.4, 0.5) is 4.39 Å². The SMILES string of the molecule is Cc1ccc(S(=O)(=O)N[C@H](C(=O)O)C(C)(C)C)cc1F. The Balaban J connectivity index is 3.16. The van der Waals surface area contributed by atoms with Gasteiger partial charge in [0.1, 0.15) is 11.9 Å². The van der Waals surface area contributed by atoms with E-state index in [-0.39, 0.29) is 4.90 Å². The zero-order valence-corrected chi connectivity index (χ0v) is 12.6. The normalized spacial score (nSPS) is 14.1. The Hall–Kier alpha value is -1.47. The second-order valence-corrected chi connectivity index (χ2v) is 7.38. The third-order valence-corrected chi connectivity index (χ3v) is 4.26. The molecule has 112 valence electrons. The summed E-state index contributed by atoms with van der Waals surface area (Å²) in [5, 5.41) is 9.12. The van der Waals surface area contributed by atoms with Gasteiger partial charge in [0.05, 0.1) is 4.90 Å². The molecule has 0 fully saturated rings. The number of hydrogen-bond acceptors (Lipinski definition) is 3. The Bertz CT molecular complexity index is 620. The minimum Gasteiger partial charge on any atom is -0.480 e. The van der Waals surface area contributed by atoms with Crippen molar-refractivity contribution in [3.63, 3.8) is 0 Å². The first-order valence-electron chi connectivity index (χ1n) is 5.96. The van der Waals surface area contributed by atoms with Crippen LogP contribution in [0.2, 0.25) is 0 Å². The van der Waals surface area contributed by atoms with Gasteiger partial charge < -0.3 is 5.11 Å². The Kier molecular flexibility index (Phi) is 4.55. The van der Waals surface area contributed by atoms with Crippen molar-refractivity contribution in [2.45, 2.75) is 38.6 Å². The largest absolute Gasteiger partial charge is 0.480 e. The quantitative estimate of drug-likeness (QED) is 0.890. The van der Waals surface area contributed by atoms with Gasteiger partial charge in [-0.2, -0.15) is 4.72 Å². The Morgan fingerprint density at radius 3 is 2.30 bits per heavy atom. The van der Waals surface area contributed by atoms with Crippen LogP contribution in [0.3, 0.4) is 0 Å². The van der Waals surface area contributed by atoms with Crippen LogP contribution in [0.1, 0.15) is 26.3 Å². The minimum absolute atomic E-state index is 0.295. The van der Waals surface area contributed by atoms with Crippen LogP contribution in [0, 0.1) is 18.2 Å². The standard InChI is InChI=1S/C13H18FNO4S/c1-8-5-6-9(7-10(8)14)20(18,19)15-11(12(16)17)13(2,3)4/h5-7,11,15H,1-4H3,(H,16,17)/t11-/m1/s1. The van der Waals surface area contributed by atoms with Gasteiger partial charge in [0.15, 0.2) is 0 Å². The van der Waals surface area contributed by atoms with Crippen molar-refractivity contribution < 1.29 is 22.7 Å². The maximum absolute atomic E-state index is 13.4. The summed E-state index contributed by atoms with van der Waals surface area (Å²) in [6, 6.07) is 2.13. The molecule has 20 heavy (non-hydrogen) atoms. The summed E-state index contributed by atoms with van der Waals surface area (Å²) in [7, 11) is -4.10. The van der Waals surface area contributed by atoms with Gasteiger partial charge in [-0.3, -0.25) is 4.79 Å². The molecule has 5 nitrogen and oxygen atoms in total. The fourth-order valence-corrected chi connectivity index (χ4v) is 2.97. The van der Waals surface area contributed by atoms with Crippen LogP contribution in [-0.4, -0.2) is 25.5 Å². The number of aryl methyl sites for hydroxylation is 1. The molecule has 0 heterocycles. The summed E-state index contributed by atoms with van der Waals surface area (Å²) < 4.78 is 39.8. The fourth-order valence-electron chi connectivity index (χ4n) is 1.56. The lowest BCUT2D eigenvalue weighted by molar-refractivity contribution is -0.141. The number of aliphatic carboxylic acids is 1. The van der Waals surface area contributed by atoms with E-state index in [4.69, 9.17) is 5.11 Å². The highest BCUT2D eigenvalue weighted by Gasteiger charge is 2.35. The van der Waals surface area contributed by atoms with Crippen LogP contribution in [0.5, 0.6) is 0 Å². The molecule has 0 aliphatic rings. The molecule has 1 aromatic carbocycles. The number of rotatable bonds is 4. The number of benzene rings is 1. The predicted molar refractivity (Wildman–Crippen MR) is 72.3 cm³/mol. The molecule has 0 amide bonds. The molecule has 0 aliphatic carbocycles. The third-order valence-electron chi connectivity index (χ3n) is 2.84. The topological polar surface area (TPSA) is 83.5 Å². The number of carboxylic acid groups (broad SMARTS) is 1. The minimum atomic E-state index is -4.10. The van der Waals surface area contributed by atoms with E-state index in [9.17, 15) is 17.6 Å². The van der Waals surface area contributed by atoms with Gasteiger partial charge >= 0.3 is 5.97 Å². The van der Waals surface area contributed by atoms with Crippen LogP contribution in [-0.2, 0) is 14.8 Å². The average molecular weight is 303 g/mol. The average Bonchev–Trinajstić information content (AvgIpc) is 2.27. The molecule has 0 saturated carbocycles. The summed E-state index contributed by atoms with van der Waals surface area (Å²) in [6.45, 7) is 6.31. The fraction of sp³-hybridized carbons (Fsp3) is 0.462. The number of carbonyl (C=O) groups is 1. The molecule has 0 radical (unpaired) electrons. The number of halogens is 1. The van der Waals surface area contributed by atoms with E-state index < -0.39 is 33.3 Å². The highest BCUT2D eigenvalue weighted by molar-refractivity contribution is 7.89. The second-order valence-electron chi connectivity index (χ2n) is 5.67. The Labute approximate surface area is 117 Å². The maximum Gasteiger partial charge on any atom is 0.322 e. The first kappa shape index (κ1) is 16.6. The van der Waals surface area contributed by atoms with E-state index in [2.05, 4.69) is 4.72 Å². The van der Waals surface area contributed by atoms with E-state index in [1.165, 1.54) is 19.1 Å². The molecule has 2 N–H and O–H groups in total. The van der Waals surface area contributed by atoms with Crippen molar-refractivity contribution in [2.24, 2.45) is 5.41 Å². The van der Waals surface area contributed by atoms with E-state index in [1.807, 2.05) is 0 Å². The molecule has 7 heteroatoms. The van der Waals surface area contributed by atoms with E-state index in [0.29, 0.717) is 5.56 Å². The van der Waals surface area contributed by atoms with Crippen LogP contribution in [0.25, 0.3) is 0 Å². The van der Waals surface area contributed by atoms with Gasteiger partial charge in [0.2, 0.25) is 10.0 Å². The van der Waals surface area contributed by atoms with Crippen molar-refractivity contribution in [2.75, 3.05) is 0 Å². The van der Waals surface area contributed by atoms with Gasteiger partial charge in [-0.1, -0.05) is 26.8 Å². The van der Waals surface area contributed by atoms with E-state index in [1.54, 1.807) is 20.8 Å². The van der Waals surface area contributed by atoms with E-state index in [0.717, 1.165) is 6.07 Å². The van der Waals surface area contributed by atoms with Gasteiger partial charge in [-0.05, 0) is 30.0 Å². The molecule has 0 aliphatic heterocycles. The monoisotopic (exact) mass is 303 g/mol. The Morgan fingerprint density at radius 1 is 1.35 bits per heavy atom. The maximum atomic E-state index is 13.4. The molecule has 0 bridgehead atoms. The highest BCUT2D eigenvalue weighted by Crippen LogP contribution is 2.22. The number of hydrogen-bond donors (Lipinski definition) is 2. The second kappa shape index (κ2) is 5.49. The van der Waals surface area contributed by atoms with Crippen molar-refractivity contribution in [3.8, 4) is 0 Å². The smallest absolute Gasteiger partial charge is 0.322 e. The van der Waals surface area contributed by atoms with Gasteiger partial charge in [0, 0.05) is 0 Å². The van der Waals surface area contributed by atoms with Gasteiger partial charge in [-0.25, -0.2) is 12.8 Å². The highest BCUT2D eigenvalue weighted by atomic mass is 32.2. The first-order chi connectivity index (χ1) is 8.95. The van der Waals surface area contributed by atoms with Crippen LogP contribution in [0.15, 0.2) is 23.1 Å². The predicted octanol–water partition coefficient (Wildman–Crippen LogP) is 1.91. The summed E-state index contributed by atoms with van der Waals surface area (Å²) in [4.78, 5) is 10.9. The molecule has 0 unspecified atom stereocenters. The van der Waals surface area contributed by atoms with Crippen LogP contribution >= 0.6 is 0 Å². The summed E-state index contributed by atoms with van der Waals surface area (Å²) in [6.07, 6.45) is 0. The first-order valence-corrected chi connectivity index (χ1v) is 7.45. The van der Waals surface area contributed by atoms with E-state index >= 15 is 0 Å². The molecule has 1 atom stereocenters. The summed E-state index contributed by atoms with van der Waals surface area (Å²) >= 11 is 0. The lowest BCUT2D eigenvalue weighted by Gasteiger charge is -2.27. The molecular formula is C13H18FNO4S. The third kappa shape index (κ3) is 3.77. The zero-order chi connectivity index (χ0) is 15.7. The lowest BCUT2D eigenvalue weighted by Crippen LogP contribution is -2.48. The summed E-state index contributed by atoms with van der Waals surface area (Å²) in [5.74, 6) is -1.94. The number of sulfonamides is 1. The van der Waals surface area contributed by atoms with Crippen molar-refractivity contribution >= 4 is 16.0 Å². The van der Waals surface area contributed by atoms with Gasteiger partial charge in [0.25, 0.3) is 0 Å². The van der Waals surface area contributed by atoms with Crippen LogP contribution < -0.4 is 4.72 Å². The molecule has 0 saturated heterocycles. The van der Waals surface area contributed by atoms with Crippen molar-refractivity contribution in [3.05, 3.63) is 29.6 Å². The number of carboxylic acids is 1. The van der Waals surface area contributed by atoms with Gasteiger partial charge in [-0.15, -0.1) is 0 Å². The summed E-state index contributed by atoms with van der Waals surface area (Å²) in [5.41, 5.74) is -0.503. The number of nitrogens with one attached hydrogen (secondary N) is 1. The molecule has 1 rings (SSSR count). The lowest BCUT2D eigenvalue weighted by atomic mass is 9.88. The Morgan fingerprint density at radius 2 is 1.90 bits per heavy atom. The molecule has 1 aromatic rings. The molecule has 0 spiro atoms. The zero-order valence-electron chi connectivity index (χ0n) is 11.8. The molecular weight excluding hydrogens is 285 g/mol. The van der Waals surface area contributed by atoms with Crippen molar-refractivity contribution in [1.82, 2.24) is 4.72 Å². The molecule has 0 aromatic heterocycles. The van der Waals surface area contributed by atoms with Crippen molar-refractivity contribution in [1.29, 1.82) is 0 Å².